The molecule has 0 fully saturated rings. The van der Waals surface area contributed by atoms with Crippen molar-refractivity contribution in [2.24, 2.45) is 0 Å². The SMILES string of the molecule is COC(=O)c1ccc2c(c1)C(F)(F)CCS2. The Hall–Kier alpha value is -1.10. The van der Waals surface area contributed by atoms with Crippen molar-refractivity contribution >= 4 is 17.7 Å². The molecule has 2 nitrogen and oxygen atoms in total. The summed E-state index contributed by atoms with van der Waals surface area (Å²) >= 11 is 1.39. The van der Waals surface area contributed by atoms with Crippen LogP contribution in [0.2, 0.25) is 0 Å². The zero-order valence-corrected chi connectivity index (χ0v) is 9.44. The van der Waals surface area contributed by atoms with E-state index in [1.54, 1.807) is 6.07 Å². The first kappa shape index (κ1) is 11.4. The maximum absolute atomic E-state index is 13.6. The molecule has 0 N–H and O–H groups in total. The van der Waals surface area contributed by atoms with E-state index in [-0.39, 0.29) is 17.5 Å². The van der Waals surface area contributed by atoms with E-state index in [4.69, 9.17) is 0 Å². The predicted molar refractivity (Wildman–Crippen MR) is 57.0 cm³/mol. The fourth-order valence-corrected chi connectivity index (χ4v) is 2.72. The van der Waals surface area contributed by atoms with Gasteiger partial charge in [0.05, 0.1) is 12.7 Å². The maximum atomic E-state index is 13.6. The van der Waals surface area contributed by atoms with Crippen LogP contribution in [0.25, 0.3) is 0 Å². The first-order chi connectivity index (χ1) is 7.54. The van der Waals surface area contributed by atoms with Gasteiger partial charge in [0.15, 0.2) is 0 Å². The predicted octanol–water partition coefficient (Wildman–Crippen LogP) is 3.06. The number of carbonyl (C=O) groups excluding carboxylic acids is 1. The van der Waals surface area contributed by atoms with E-state index in [1.807, 2.05) is 0 Å². The normalized spacial score (nSPS) is 17.7. The smallest absolute Gasteiger partial charge is 0.337 e. The van der Waals surface area contributed by atoms with Crippen LogP contribution in [0.4, 0.5) is 8.78 Å². The lowest BCUT2D eigenvalue weighted by Crippen LogP contribution is -2.20. The number of carbonyl (C=O) groups is 1. The van der Waals surface area contributed by atoms with Gasteiger partial charge in [0.2, 0.25) is 0 Å². The number of benzene rings is 1. The molecule has 1 aromatic carbocycles. The Bertz CT molecular complexity index is 432. The van der Waals surface area contributed by atoms with Crippen molar-refractivity contribution in [3.8, 4) is 0 Å². The van der Waals surface area contributed by atoms with Crippen LogP contribution in [-0.2, 0) is 10.7 Å². The van der Waals surface area contributed by atoms with Crippen LogP contribution in [0.15, 0.2) is 23.1 Å². The number of ether oxygens (including phenoxy) is 1. The third kappa shape index (κ3) is 1.91. The summed E-state index contributed by atoms with van der Waals surface area (Å²) in [5, 5.41) is 0. The van der Waals surface area contributed by atoms with Crippen LogP contribution in [0.5, 0.6) is 0 Å². The Morgan fingerprint density at radius 1 is 1.50 bits per heavy atom. The lowest BCUT2D eigenvalue weighted by atomic mass is 10.0. The Morgan fingerprint density at radius 2 is 2.25 bits per heavy atom. The molecule has 0 amide bonds. The molecular weight excluding hydrogens is 234 g/mol. The van der Waals surface area contributed by atoms with Gasteiger partial charge in [-0.05, 0) is 18.2 Å². The van der Waals surface area contributed by atoms with Crippen molar-refractivity contribution in [1.29, 1.82) is 0 Å². The van der Waals surface area contributed by atoms with Crippen LogP contribution in [0, 0.1) is 0 Å². The molecule has 0 saturated carbocycles. The Kier molecular flexibility index (Phi) is 2.88. The number of fused-ring (bicyclic) bond motifs is 1. The zero-order chi connectivity index (χ0) is 11.8. The first-order valence-electron chi connectivity index (χ1n) is 4.78. The summed E-state index contributed by atoms with van der Waals surface area (Å²) in [5.74, 6) is -3.03. The number of esters is 1. The third-order valence-corrected chi connectivity index (χ3v) is 3.54. The van der Waals surface area contributed by atoms with Gasteiger partial charge in [0, 0.05) is 22.6 Å². The van der Waals surface area contributed by atoms with E-state index in [9.17, 15) is 13.6 Å². The summed E-state index contributed by atoms with van der Waals surface area (Å²) in [6.45, 7) is 0. The number of thioether (sulfide) groups is 1. The van der Waals surface area contributed by atoms with Gasteiger partial charge in [-0.1, -0.05) is 0 Å². The summed E-state index contributed by atoms with van der Waals surface area (Å²) < 4.78 is 31.7. The van der Waals surface area contributed by atoms with Gasteiger partial charge in [-0.2, -0.15) is 0 Å². The Balaban J connectivity index is 2.47. The average Bonchev–Trinajstić information content (AvgIpc) is 2.27. The van der Waals surface area contributed by atoms with Crippen LogP contribution in [0.3, 0.4) is 0 Å². The number of methoxy groups -OCH3 is 1. The molecule has 1 aliphatic rings. The molecule has 0 unspecified atom stereocenters. The van der Waals surface area contributed by atoms with E-state index in [2.05, 4.69) is 4.74 Å². The van der Waals surface area contributed by atoms with E-state index in [0.717, 1.165) is 0 Å². The summed E-state index contributed by atoms with van der Waals surface area (Å²) in [5.41, 5.74) is 0.107. The molecule has 0 aliphatic carbocycles. The zero-order valence-electron chi connectivity index (χ0n) is 8.63. The summed E-state index contributed by atoms with van der Waals surface area (Å²) in [6, 6.07) is 4.30. The highest BCUT2D eigenvalue weighted by atomic mass is 32.2. The molecule has 5 heteroatoms. The molecule has 1 heterocycles. The fourth-order valence-electron chi connectivity index (χ4n) is 1.61. The van der Waals surface area contributed by atoms with Crippen LogP contribution < -0.4 is 0 Å². The van der Waals surface area contributed by atoms with Crippen LogP contribution in [0.1, 0.15) is 22.3 Å². The molecular formula is C11H10F2O2S. The molecule has 0 bridgehead atoms. The van der Waals surface area contributed by atoms with Gasteiger partial charge in [-0.3, -0.25) is 0 Å². The molecule has 2 rings (SSSR count). The van der Waals surface area contributed by atoms with Gasteiger partial charge in [0.1, 0.15) is 0 Å². The molecule has 86 valence electrons. The monoisotopic (exact) mass is 244 g/mol. The molecule has 0 saturated heterocycles. The number of rotatable bonds is 1. The summed E-state index contributed by atoms with van der Waals surface area (Å²) in [6.07, 6.45) is -0.185. The second-order valence-corrected chi connectivity index (χ2v) is 4.64. The van der Waals surface area contributed by atoms with E-state index in [0.29, 0.717) is 10.6 Å². The molecule has 0 atom stereocenters. The largest absolute Gasteiger partial charge is 0.465 e. The summed E-state index contributed by atoms with van der Waals surface area (Å²) in [4.78, 5) is 11.8. The van der Waals surface area contributed by atoms with E-state index >= 15 is 0 Å². The van der Waals surface area contributed by atoms with Crippen LogP contribution >= 0.6 is 11.8 Å². The number of hydrogen-bond acceptors (Lipinski definition) is 3. The minimum atomic E-state index is -2.84. The fraction of sp³-hybridized carbons (Fsp3) is 0.364. The van der Waals surface area contributed by atoms with Gasteiger partial charge < -0.3 is 4.74 Å². The van der Waals surface area contributed by atoms with Crippen molar-refractivity contribution in [2.75, 3.05) is 12.9 Å². The van der Waals surface area contributed by atoms with Crippen molar-refractivity contribution in [3.05, 3.63) is 29.3 Å². The highest BCUT2D eigenvalue weighted by molar-refractivity contribution is 7.99. The molecule has 1 aromatic rings. The number of hydrogen-bond donors (Lipinski definition) is 0. The van der Waals surface area contributed by atoms with Crippen molar-refractivity contribution in [2.45, 2.75) is 17.2 Å². The minimum Gasteiger partial charge on any atom is -0.465 e. The van der Waals surface area contributed by atoms with E-state index in [1.165, 1.54) is 31.0 Å². The van der Waals surface area contributed by atoms with E-state index < -0.39 is 11.9 Å². The van der Waals surface area contributed by atoms with Crippen molar-refractivity contribution in [1.82, 2.24) is 0 Å². The Labute approximate surface area is 96.0 Å². The Morgan fingerprint density at radius 3 is 2.94 bits per heavy atom. The molecule has 0 spiro atoms. The third-order valence-electron chi connectivity index (χ3n) is 2.47. The highest BCUT2D eigenvalue weighted by Gasteiger charge is 2.37. The molecule has 1 aliphatic heterocycles. The lowest BCUT2D eigenvalue weighted by Gasteiger charge is -2.24. The first-order valence-corrected chi connectivity index (χ1v) is 5.76. The quantitative estimate of drug-likeness (QED) is 0.710. The van der Waals surface area contributed by atoms with Gasteiger partial charge in [0.25, 0.3) is 5.92 Å². The van der Waals surface area contributed by atoms with Gasteiger partial charge in [-0.15, -0.1) is 11.8 Å². The minimum absolute atomic E-state index is 0.0633. The van der Waals surface area contributed by atoms with Gasteiger partial charge in [-0.25, -0.2) is 13.6 Å². The van der Waals surface area contributed by atoms with Crippen molar-refractivity contribution < 1.29 is 18.3 Å². The van der Waals surface area contributed by atoms with Gasteiger partial charge >= 0.3 is 5.97 Å². The maximum Gasteiger partial charge on any atom is 0.337 e. The second kappa shape index (κ2) is 4.05. The van der Waals surface area contributed by atoms with Crippen LogP contribution in [-0.4, -0.2) is 18.8 Å². The standard InChI is InChI=1S/C11H10F2O2S/c1-15-10(14)7-2-3-9-8(6-7)11(12,13)4-5-16-9/h2-3,6H,4-5H2,1H3. The molecule has 0 radical (unpaired) electrons. The average molecular weight is 244 g/mol. The topological polar surface area (TPSA) is 26.3 Å². The number of alkyl halides is 2. The lowest BCUT2D eigenvalue weighted by molar-refractivity contribution is -0.0116. The highest BCUT2D eigenvalue weighted by Crippen LogP contribution is 2.44. The second-order valence-electron chi connectivity index (χ2n) is 3.51. The molecule has 16 heavy (non-hydrogen) atoms. The van der Waals surface area contributed by atoms with Crippen molar-refractivity contribution in [3.63, 3.8) is 0 Å². The molecule has 0 aromatic heterocycles. The number of halogens is 2. The summed E-state index contributed by atoms with van der Waals surface area (Å²) in [7, 11) is 1.23.